The first kappa shape index (κ1) is 9.81. The van der Waals surface area contributed by atoms with Crippen LogP contribution in [0.5, 0.6) is 0 Å². The minimum absolute atomic E-state index is 0.848. The van der Waals surface area contributed by atoms with Gasteiger partial charge in [-0.3, -0.25) is 4.98 Å². The van der Waals surface area contributed by atoms with Crippen LogP contribution in [0, 0.1) is 0 Å². The Bertz CT molecular complexity index is 584. The Balaban J connectivity index is 1.78. The van der Waals surface area contributed by atoms with Gasteiger partial charge in [0.15, 0.2) is 0 Å². The van der Waals surface area contributed by atoms with E-state index in [4.69, 9.17) is 0 Å². The lowest BCUT2D eigenvalue weighted by Gasteiger charge is -2.04. The third kappa shape index (κ3) is 1.94. The summed E-state index contributed by atoms with van der Waals surface area (Å²) < 4.78 is 1.34. The first-order chi connectivity index (χ1) is 7.92. The van der Waals surface area contributed by atoms with Gasteiger partial charge in [0.05, 0.1) is 12.1 Å². The molecule has 1 N–H and O–H groups in total. The predicted octanol–water partition coefficient (Wildman–Crippen LogP) is 3.97. The monoisotopic (exact) mass is 246 g/mol. The summed E-state index contributed by atoms with van der Waals surface area (Å²) in [6, 6.07) is 8.62. The van der Waals surface area contributed by atoms with Crippen molar-refractivity contribution in [3.8, 4) is 0 Å². The van der Waals surface area contributed by atoms with E-state index in [1.807, 2.05) is 11.7 Å². The van der Waals surface area contributed by atoms with Crippen LogP contribution in [-0.2, 0) is 6.54 Å². The summed E-state index contributed by atoms with van der Waals surface area (Å²) in [4.78, 5) is 5.31. The number of nitrogens with zero attached hydrogens (tertiary/aromatic N) is 1. The second-order valence-electron chi connectivity index (χ2n) is 3.49. The van der Waals surface area contributed by atoms with Crippen LogP contribution in [0.3, 0.4) is 0 Å². The van der Waals surface area contributed by atoms with E-state index < -0.39 is 0 Å². The van der Waals surface area contributed by atoms with Crippen LogP contribution in [0.2, 0.25) is 0 Å². The van der Waals surface area contributed by atoms with E-state index in [-0.39, 0.29) is 0 Å². The molecule has 2 heterocycles. The molecule has 0 amide bonds. The number of nitrogens with one attached hydrogen (secondary N) is 1. The van der Waals surface area contributed by atoms with Crippen molar-refractivity contribution in [1.82, 2.24) is 4.98 Å². The third-order valence-corrected chi connectivity index (χ3v) is 4.08. The molecule has 0 fully saturated rings. The first-order valence-corrected chi connectivity index (χ1v) is 6.76. The van der Waals surface area contributed by atoms with E-state index in [9.17, 15) is 0 Å². The van der Waals surface area contributed by atoms with Gasteiger partial charge in [-0.05, 0) is 35.0 Å². The molecule has 0 saturated carbocycles. The summed E-state index contributed by atoms with van der Waals surface area (Å²) in [5.74, 6) is 0. The average Bonchev–Trinajstić information content (AvgIpc) is 2.97. The van der Waals surface area contributed by atoms with Gasteiger partial charge in [-0.25, -0.2) is 0 Å². The zero-order chi connectivity index (χ0) is 10.8. The minimum Gasteiger partial charge on any atom is -0.380 e. The molecule has 3 rings (SSSR count). The van der Waals surface area contributed by atoms with E-state index >= 15 is 0 Å². The van der Waals surface area contributed by atoms with E-state index in [2.05, 4.69) is 39.9 Å². The molecule has 0 aliphatic heterocycles. The van der Waals surface area contributed by atoms with Crippen LogP contribution in [0.15, 0.2) is 41.4 Å². The van der Waals surface area contributed by atoms with Crippen molar-refractivity contribution in [2.75, 3.05) is 5.32 Å². The summed E-state index contributed by atoms with van der Waals surface area (Å²) >= 11 is 3.45. The second kappa shape index (κ2) is 4.23. The van der Waals surface area contributed by atoms with Gasteiger partial charge in [-0.1, -0.05) is 0 Å². The SMILES string of the molecule is c1ncc(CNc2ccc3sccc3c2)s1. The van der Waals surface area contributed by atoms with Crippen molar-refractivity contribution < 1.29 is 0 Å². The number of aromatic nitrogens is 1. The van der Waals surface area contributed by atoms with Crippen LogP contribution < -0.4 is 5.32 Å². The first-order valence-electron chi connectivity index (χ1n) is 5.00. The summed E-state index contributed by atoms with van der Waals surface area (Å²) in [6.07, 6.45) is 1.90. The Kier molecular flexibility index (Phi) is 2.60. The van der Waals surface area contributed by atoms with E-state index in [0.717, 1.165) is 6.54 Å². The Morgan fingerprint density at radius 1 is 1.19 bits per heavy atom. The molecule has 2 nitrogen and oxygen atoms in total. The number of thiophene rings is 1. The van der Waals surface area contributed by atoms with Gasteiger partial charge in [-0.15, -0.1) is 22.7 Å². The van der Waals surface area contributed by atoms with Gasteiger partial charge in [0.25, 0.3) is 0 Å². The summed E-state index contributed by atoms with van der Waals surface area (Å²) in [7, 11) is 0. The molecular weight excluding hydrogens is 236 g/mol. The van der Waals surface area contributed by atoms with Crippen molar-refractivity contribution in [2.24, 2.45) is 0 Å². The van der Waals surface area contributed by atoms with Crippen molar-refractivity contribution in [3.05, 3.63) is 46.2 Å². The Morgan fingerprint density at radius 3 is 3.06 bits per heavy atom. The largest absolute Gasteiger partial charge is 0.380 e. The fourth-order valence-corrected chi connectivity index (χ4v) is 2.90. The van der Waals surface area contributed by atoms with Crippen LogP contribution in [0.4, 0.5) is 5.69 Å². The summed E-state index contributed by atoms with van der Waals surface area (Å²) in [5.41, 5.74) is 3.03. The smallest absolute Gasteiger partial charge is 0.0794 e. The molecule has 0 aliphatic rings. The minimum atomic E-state index is 0.848. The fourth-order valence-electron chi connectivity index (χ4n) is 1.60. The fraction of sp³-hybridized carbons (Fsp3) is 0.0833. The average molecular weight is 246 g/mol. The zero-order valence-electron chi connectivity index (χ0n) is 8.51. The van der Waals surface area contributed by atoms with E-state index in [1.165, 1.54) is 20.7 Å². The number of rotatable bonds is 3. The second-order valence-corrected chi connectivity index (χ2v) is 5.41. The third-order valence-electron chi connectivity index (χ3n) is 2.40. The van der Waals surface area contributed by atoms with E-state index in [1.54, 1.807) is 22.7 Å². The van der Waals surface area contributed by atoms with Gasteiger partial charge >= 0.3 is 0 Å². The normalized spacial score (nSPS) is 10.8. The molecular formula is C12H10N2S2. The molecule has 1 aromatic carbocycles. The molecule has 0 spiro atoms. The molecule has 80 valence electrons. The quantitative estimate of drug-likeness (QED) is 0.756. The molecule has 3 aromatic rings. The molecule has 0 unspecified atom stereocenters. The lowest BCUT2D eigenvalue weighted by Crippen LogP contribution is -1.96. The van der Waals surface area contributed by atoms with Gasteiger partial charge in [0, 0.05) is 21.5 Å². The highest BCUT2D eigenvalue weighted by atomic mass is 32.1. The van der Waals surface area contributed by atoms with Crippen molar-refractivity contribution in [1.29, 1.82) is 0 Å². The number of thiazole rings is 1. The Morgan fingerprint density at radius 2 is 2.19 bits per heavy atom. The van der Waals surface area contributed by atoms with Crippen LogP contribution >= 0.6 is 22.7 Å². The Labute approximate surface area is 102 Å². The standard InChI is InChI=1S/C12H10N2S2/c1-2-12-9(3-4-15-12)5-10(1)14-7-11-6-13-8-16-11/h1-6,8,14H,7H2. The number of hydrogen-bond acceptors (Lipinski definition) is 4. The van der Waals surface area contributed by atoms with E-state index in [0.29, 0.717) is 0 Å². The number of hydrogen-bond donors (Lipinski definition) is 1. The van der Waals surface area contributed by atoms with Crippen LogP contribution in [0.25, 0.3) is 10.1 Å². The van der Waals surface area contributed by atoms with Gasteiger partial charge in [0.2, 0.25) is 0 Å². The highest BCUT2D eigenvalue weighted by Gasteiger charge is 1.98. The zero-order valence-corrected chi connectivity index (χ0v) is 10.1. The van der Waals surface area contributed by atoms with Crippen LogP contribution in [0.1, 0.15) is 4.88 Å². The van der Waals surface area contributed by atoms with Crippen LogP contribution in [-0.4, -0.2) is 4.98 Å². The molecule has 2 aromatic heterocycles. The summed E-state index contributed by atoms with van der Waals surface area (Å²) in [6.45, 7) is 0.848. The lowest BCUT2D eigenvalue weighted by atomic mass is 10.2. The maximum absolute atomic E-state index is 4.06. The highest BCUT2D eigenvalue weighted by molar-refractivity contribution is 7.17. The number of fused-ring (bicyclic) bond motifs is 1. The molecule has 0 aliphatic carbocycles. The molecule has 4 heteroatoms. The van der Waals surface area contributed by atoms with Crippen molar-refractivity contribution in [2.45, 2.75) is 6.54 Å². The molecule has 16 heavy (non-hydrogen) atoms. The predicted molar refractivity (Wildman–Crippen MR) is 71.3 cm³/mol. The number of anilines is 1. The maximum atomic E-state index is 4.06. The van der Waals surface area contributed by atoms with Gasteiger partial charge < -0.3 is 5.32 Å². The molecule has 0 saturated heterocycles. The topological polar surface area (TPSA) is 24.9 Å². The van der Waals surface area contributed by atoms with Gasteiger partial charge in [0.1, 0.15) is 0 Å². The van der Waals surface area contributed by atoms with Gasteiger partial charge in [-0.2, -0.15) is 0 Å². The lowest BCUT2D eigenvalue weighted by molar-refractivity contribution is 1.18. The Hall–Kier alpha value is -1.39. The highest BCUT2D eigenvalue weighted by Crippen LogP contribution is 2.24. The number of benzene rings is 1. The van der Waals surface area contributed by atoms with Crippen molar-refractivity contribution in [3.63, 3.8) is 0 Å². The molecule has 0 bridgehead atoms. The maximum Gasteiger partial charge on any atom is 0.0794 e. The van der Waals surface area contributed by atoms with Crippen molar-refractivity contribution >= 4 is 38.4 Å². The molecule has 0 atom stereocenters. The summed E-state index contributed by atoms with van der Waals surface area (Å²) in [5, 5.41) is 6.83. The molecule has 0 radical (unpaired) electrons.